The van der Waals surface area contributed by atoms with Gasteiger partial charge in [0, 0.05) is 5.92 Å². The van der Waals surface area contributed by atoms with Crippen LogP contribution in [0.5, 0.6) is 0 Å². The second-order valence-electron chi connectivity index (χ2n) is 4.79. The molecule has 20 heavy (non-hydrogen) atoms. The van der Waals surface area contributed by atoms with E-state index in [9.17, 15) is 10.2 Å². The molecule has 2 heterocycles. The molecule has 0 aliphatic heterocycles. The minimum Gasteiger partial charge on any atom is -0.396 e. The smallest absolute Gasteiger partial charge is 0.166 e. The lowest BCUT2D eigenvalue weighted by molar-refractivity contribution is -0.0414. The number of anilines is 1. The van der Waals surface area contributed by atoms with Crippen LogP contribution in [0.1, 0.15) is 6.04 Å². The first kappa shape index (κ1) is 13.0. The molecule has 4 atom stereocenters. The van der Waals surface area contributed by atoms with Crippen LogP contribution >= 0.6 is 0 Å². The number of nitrogen functional groups attached to an aromatic ring is 1. The van der Waals surface area contributed by atoms with Crippen LogP contribution in [0.15, 0.2) is 24.8 Å². The van der Waals surface area contributed by atoms with Crippen LogP contribution in [0.4, 0.5) is 5.82 Å². The quantitative estimate of drug-likeness (QED) is 0.510. The zero-order chi connectivity index (χ0) is 14.3. The maximum absolute atomic E-state index is 10.2. The van der Waals surface area contributed by atoms with E-state index >= 15 is 0 Å². The van der Waals surface area contributed by atoms with Gasteiger partial charge in [0.15, 0.2) is 11.5 Å². The van der Waals surface area contributed by atoms with Gasteiger partial charge < -0.3 is 25.6 Å². The second-order valence-corrected chi connectivity index (χ2v) is 4.79. The summed E-state index contributed by atoms with van der Waals surface area (Å²) < 4.78 is 1.63. The van der Waals surface area contributed by atoms with Gasteiger partial charge in [0.1, 0.15) is 17.9 Å². The van der Waals surface area contributed by atoms with E-state index in [1.54, 1.807) is 16.7 Å². The van der Waals surface area contributed by atoms with Crippen LogP contribution in [0, 0.1) is 5.92 Å². The second kappa shape index (κ2) is 4.82. The zero-order valence-corrected chi connectivity index (χ0v) is 10.5. The van der Waals surface area contributed by atoms with Gasteiger partial charge in [0.2, 0.25) is 0 Å². The fourth-order valence-corrected chi connectivity index (χ4v) is 2.45. The lowest BCUT2D eigenvalue weighted by Crippen LogP contribution is -2.42. The van der Waals surface area contributed by atoms with Crippen LogP contribution in [0.2, 0.25) is 0 Å². The highest BCUT2D eigenvalue weighted by atomic mass is 16.3. The molecule has 0 aromatic carbocycles. The molecule has 3 rings (SSSR count). The molecule has 106 valence electrons. The number of aliphatic hydroxyl groups excluding tert-OH is 3. The number of aromatic nitrogens is 4. The predicted octanol–water partition coefficient (Wildman–Crippen LogP) is -1.15. The Kier molecular flexibility index (Phi) is 3.13. The molecule has 2 aromatic rings. The number of fused-ring (bicyclic) bond motifs is 1. The van der Waals surface area contributed by atoms with Gasteiger partial charge in [0.05, 0.1) is 25.1 Å². The van der Waals surface area contributed by atoms with Gasteiger partial charge in [-0.3, -0.25) is 0 Å². The Bertz CT molecular complexity index is 656. The molecule has 0 unspecified atom stereocenters. The number of nitrogens with zero attached hydrogens (tertiary/aromatic N) is 4. The highest BCUT2D eigenvalue weighted by Crippen LogP contribution is 2.29. The van der Waals surface area contributed by atoms with Gasteiger partial charge in [0.25, 0.3) is 0 Å². The van der Waals surface area contributed by atoms with E-state index in [-0.39, 0.29) is 12.4 Å². The van der Waals surface area contributed by atoms with Crippen molar-refractivity contribution in [3.63, 3.8) is 0 Å². The van der Waals surface area contributed by atoms with Crippen molar-refractivity contribution >= 4 is 17.0 Å². The molecule has 8 nitrogen and oxygen atoms in total. The maximum Gasteiger partial charge on any atom is 0.166 e. The van der Waals surface area contributed by atoms with Crippen LogP contribution in [0.3, 0.4) is 0 Å². The number of hydrogen-bond acceptors (Lipinski definition) is 7. The van der Waals surface area contributed by atoms with Crippen molar-refractivity contribution in [2.24, 2.45) is 5.92 Å². The van der Waals surface area contributed by atoms with E-state index in [4.69, 9.17) is 10.8 Å². The molecule has 0 saturated carbocycles. The summed E-state index contributed by atoms with van der Waals surface area (Å²) in [5, 5.41) is 29.3. The van der Waals surface area contributed by atoms with Crippen molar-refractivity contribution < 1.29 is 15.3 Å². The summed E-state index contributed by atoms with van der Waals surface area (Å²) in [6.45, 7) is -0.221. The Balaban J connectivity index is 2.05. The SMILES string of the molecule is Nc1ncnc2c1ncn2[C@@H]1C=C[C@H](CO)[C@@H](O)[C@H]1O. The Morgan fingerprint density at radius 3 is 2.70 bits per heavy atom. The fourth-order valence-electron chi connectivity index (χ4n) is 2.45. The van der Waals surface area contributed by atoms with E-state index < -0.39 is 24.2 Å². The third-order valence-corrected chi connectivity index (χ3v) is 3.61. The van der Waals surface area contributed by atoms with E-state index in [2.05, 4.69) is 15.0 Å². The van der Waals surface area contributed by atoms with E-state index in [0.29, 0.717) is 11.2 Å². The summed E-state index contributed by atoms with van der Waals surface area (Å²) in [4.78, 5) is 12.1. The summed E-state index contributed by atoms with van der Waals surface area (Å²) in [5.41, 5.74) is 6.65. The first-order chi connectivity index (χ1) is 9.63. The van der Waals surface area contributed by atoms with Crippen LogP contribution < -0.4 is 5.73 Å². The van der Waals surface area contributed by atoms with Crippen molar-refractivity contribution in [3.8, 4) is 0 Å². The number of rotatable bonds is 2. The third-order valence-electron chi connectivity index (χ3n) is 3.61. The topological polar surface area (TPSA) is 130 Å². The molecule has 1 aliphatic rings. The minimum atomic E-state index is -1.06. The first-order valence-corrected chi connectivity index (χ1v) is 6.21. The maximum atomic E-state index is 10.2. The summed E-state index contributed by atoms with van der Waals surface area (Å²) in [7, 11) is 0. The lowest BCUT2D eigenvalue weighted by Gasteiger charge is -2.33. The molecule has 0 fully saturated rings. The normalized spacial score (nSPS) is 29.9. The van der Waals surface area contributed by atoms with Gasteiger partial charge in [-0.25, -0.2) is 15.0 Å². The van der Waals surface area contributed by atoms with Crippen LogP contribution in [-0.4, -0.2) is 53.7 Å². The monoisotopic (exact) mass is 277 g/mol. The molecule has 0 bridgehead atoms. The fraction of sp³-hybridized carbons (Fsp3) is 0.417. The van der Waals surface area contributed by atoms with Crippen molar-refractivity contribution in [1.82, 2.24) is 19.5 Å². The van der Waals surface area contributed by atoms with Crippen molar-refractivity contribution in [1.29, 1.82) is 0 Å². The molecule has 2 aromatic heterocycles. The van der Waals surface area contributed by atoms with Gasteiger partial charge in [-0.2, -0.15) is 0 Å². The molecule has 0 radical (unpaired) electrons. The third kappa shape index (κ3) is 1.85. The van der Waals surface area contributed by atoms with Crippen molar-refractivity contribution in [2.75, 3.05) is 12.3 Å². The minimum absolute atomic E-state index is 0.221. The highest BCUT2D eigenvalue weighted by molar-refractivity contribution is 5.81. The molecule has 0 saturated heterocycles. The lowest BCUT2D eigenvalue weighted by atomic mass is 9.88. The highest BCUT2D eigenvalue weighted by Gasteiger charge is 2.35. The molecule has 1 aliphatic carbocycles. The average Bonchev–Trinajstić information content (AvgIpc) is 2.87. The number of imidazole rings is 1. The van der Waals surface area contributed by atoms with Crippen molar-refractivity contribution in [2.45, 2.75) is 18.2 Å². The van der Waals surface area contributed by atoms with E-state index in [1.165, 1.54) is 12.7 Å². The van der Waals surface area contributed by atoms with Crippen LogP contribution in [-0.2, 0) is 0 Å². The van der Waals surface area contributed by atoms with Crippen molar-refractivity contribution in [3.05, 3.63) is 24.8 Å². The Hall–Kier alpha value is -2.03. The molecule has 5 N–H and O–H groups in total. The summed E-state index contributed by atoms with van der Waals surface area (Å²) in [6.07, 6.45) is 4.11. The van der Waals surface area contributed by atoms with Gasteiger partial charge in [-0.15, -0.1) is 0 Å². The van der Waals surface area contributed by atoms with E-state index in [1.807, 2.05) is 0 Å². The molecular weight excluding hydrogens is 262 g/mol. The predicted molar refractivity (Wildman–Crippen MR) is 70.5 cm³/mol. The summed E-state index contributed by atoms with van der Waals surface area (Å²) in [5.74, 6) is -0.215. The zero-order valence-electron chi connectivity index (χ0n) is 10.5. The number of aliphatic hydroxyl groups is 3. The summed E-state index contributed by atoms with van der Waals surface area (Å²) in [6, 6.07) is -0.521. The Morgan fingerprint density at radius 1 is 1.15 bits per heavy atom. The summed E-state index contributed by atoms with van der Waals surface area (Å²) >= 11 is 0. The Morgan fingerprint density at radius 2 is 1.95 bits per heavy atom. The largest absolute Gasteiger partial charge is 0.396 e. The molecular formula is C12H15N5O3. The van der Waals surface area contributed by atoms with Gasteiger partial charge >= 0.3 is 0 Å². The van der Waals surface area contributed by atoms with Gasteiger partial charge in [-0.1, -0.05) is 12.2 Å². The standard InChI is InChI=1S/C12H15N5O3/c13-11-8-12(15-4-14-11)17(5-16-8)7-2-1-6(3-18)9(19)10(7)20/h1-2,4-7,9-10,18-20H,3H2,(H2,13,14,15)/t6-,7-,9-,10+/m1/s1. The molecule has 0 amide bonds. The first-order valence-electron chi connectivity index (χ1n) is 6.21. The van der Waals surface area contributed by atoms with Gasteiger partial charge in [-0.05, 0) is 0 Å². The molecule has 8 heteroatoms. The average molecular weight is 277 g/mol. The van der Waals surface area contributed by atoms with Crippen LogP contribution in [0.25, 0.3) is 11.2 Å². The number of nitrogens with two attached hydrogens (primary N) is 1. The van der Waals surface area contributed by atoms with E-state index in [0.717, 1.165) is 0 Å². The Labute approximate surface area is 114 Å². The molecule has 0 spiro atoms. The number of hydrogen-bond donors (Lipinski definition) is 4.